The van der Waals surface area contributed by atoms with Crippen LogP contribution in [0.15, 0.2) is 48.5 Å². The van der Waals surface area contributed by atoms with Crippen LogP contribution in [0.1, 0.15) is 16.7 Å². The standard InChI is InChI=1S/C16H14N2O2/c1-12-9-15(8-7-14(12)10-17)18-16(19)20-11-13-5-3-2-4-6-13/h2-9H,11H2,1H3,(H,18,19). The van der Waals surface area contributed by atoms with Crippen molar-refractivity contribution in [1.29, 1.82) is 5.26 Å². The molecule has 100 valence electrons. The first-order chi connectivity index (χ1) is 9.69. The van der Waals surface area contributed by atoms with Gasteiger partial charge >= 0.3 is 6.09 Å². The molecule has 0 bridgehead atoms. The maximum absolute atomic E-state index is 11.7. The molecule has 0 saturated heterocycles. The second kappa shape index (κ2) is 6.39. The van der Waals surface area contributed by atoms with E-state index in [0.29, 0.717) is 11.3 Å². The summed E-state index contributed by atoms with van der Waals surface area (Å²) in [5.74, 6) is 0. The highest BCUT2D eigenvalue weighted by Gasteiger charge is 2.05. The van der Waals surface area contributed by atoms with Crippen molar-refractivity contribution in [2.24, 2.45) is 0 Å². The van der Waals surface area contributed by atoms with Crippen LogP contribution in [-0.4, -0.2) is 6.09 Å². The molecule has 0 spiro atoms. The Balaban J connectivity index is 1.92. The van der Waals surface area contributed by atoms with Crippen molar-refractivity contribution in [2.45, 2.75) is 13.5 Å². The predicted octanol–water partition coefficient (Wildman–Crippen LogP) is 3.62. The molecular formula is C16H14N2O2. The number of rotatable bonds is 3. The topological polar surface area (TPSA) is 62.1 Å². The maximum atomic E-state index is 11.7. The highest BCUT2D eigenvalue weighted by Crippen LogP contribution is 2.14. The lowest BCUT2D eigenvalue weighted by Crippen LogP contribution is -2.13. The van der Waals surface area contributed by atoms with Crippen LogP contribution in [0, 0.1) is 18.3 Å². The van der Waals surface area contributed by atoms with Gasteiger partial charge in [0.1, 0.15) is 6.61 Å². The molecule has 4 nitrogen and oxygen atoms in total. The number of nitrogens with one attached hydrogen (secondary N) is 1. The number of nitriles is 1. The smallest absolute Gasteiger partial charge is 0.411 e. The predicted molar refractivity (Wildman–Crippen MR) is 76.1 cm³/mol. The fraction of sp³-hybridized carbons (Fsp3) is 0.125. The summed E-state index contributed by atoms with van der Waals surface area (Å²) in [5, 5.41) is 11.5. The van der Waals surface area contributed by atoms with Crippen molar-refractivity contribution in [1.82, 2.24) is 0 Å². The van der Waals surface area contributed by atoms with Crippen molar-refractivity contribution in [2.75, 3.05) is 5.32 Å². The first-order valence-corrected chi connectivity index (χ1v) is 6.17. The zero-order valence-corrected chi connectivity index (χ0v) is 11.1. The molecule has 4 heteroatoms. The van der Waals surface area contributed by atoms with E-state index in [4.69, 9.17) is 10.00 Å². The summed E-state index contributed by atoms with van der Waals surface area (Å²) < 4.78 is 5.11. The first-order valence-electron chi connectivity index (χ1n) is 6.17. The largest absolute Gasteiger partial charge is 0.444 e. The van der Waals surface area contributed by atoms with Crippen LogP contribution in [0.3, 0.4) is 0 Å². The van der Waals surface area contributed by atoms with Crippen molar-refractivity contribution in [3.63, 3.8) is 0 Å². The third-order valence-corrected chi connectivity index (χ3v) is 2.81. The number of carbonyl (C=O) groups excluding carboxylic acids is 1. The van der Waals surface area contributed by atoms with Crippen LogP contribution in [0.4, 0.5) is 10.5 Å². The normalized spacial score (nSPS) is 9.60. The molecule has 0 aliphatic carbocycles. The van der Waals surface area contributed by atoms with Gasteiger partial charge in [0.25, 0.3) is 0 Å². The minimum atomic E-state index is -0.516. The third kappa shape index (κ3) is 3.59. The number of hydrogen-bond donors (Lipinski definition) is 1. The second-order valence-electron chi connectivity index (χ2n) is 4.33. The Labute approximate surface area is 117 Å². The van der Waals surface area contributed by atoms with Gasteiger partial charge in [-0.3, -0.25) is 5.32 Å². The monoisotopic (exact) mass is 266 g/mol. The number of benzene rings is 2. The molecule has 0 atom stereocenters. The minimum Gasteiger partial charge on any atom is -0.444 e. The summed E-state index contributed by atoms with van der Waals surface area (Å²) in [4.78, 5) is 11.7. The van der Waals surface area contributed by atoms with Gasteiger partial charge < -0.3 is 4.74 Å². The zero-order chi connectivity index (χ0) is 14.4. The van der Waals surface area contributed by atoms with E-state index in [0.717, 1.165) is 11.1 Å². The van der Waals surface area contributed by atoms with Gasteiger partial charge in [-0.25, -0.2) is 4.79 Å². The van der Waals surface area contributed by atoms with Crippen LogP contribution >= 0.6 is 0 Å². The minimum absolute atomic E-state index is 0.224. The molecule has 0 heterocycles. The number of nitrogens with zero attached hydrogens (tertiary/aromatic N) is 1. The van der Waals surface area contributed by atoms with Crippen LogP contribution in [0.5, 0.6) is 0 Å². The Hall–Kier alpha value is -2.80. The molecule has 2 rings (SSSR count). The highest BCUT2D eigenvalue weighted by atomic mass is 16.5. The van der Waals surface area contributed by atoms with Gasteiger partial charge in [-0.1, -0.05) is 30.3 Å². The van der Waals surface area contributed by atoms with Gasteiger partial charge in [-0.05, 0) is 36.2 Å². The molecule has 0 unspecified atom stereocenters. The van der Waals surface area contributed by atoms with E-state index < -0.39 is 6.09 Å². The molecule has 0 saturated carbocycles. The summed E-state index contributed by atoms with van der Waals surface area (Å²) in [5.41, 5.74) is 2.94. The number of ether oxygens (including phenoxy) is 1. The van der Waals surface area contributed by atoms with Gasteiger partial charge in [-0.2, -0.15) is 5.26 Å². The average molecular weight is 266 g/mol. The van der Waals surface area contributed by atoms with E-state index in [-0.39, 0.29) is 6.61 Å². The van der Waals surface area contributed by atoms with Crippen LogP contribution < -0.4 is 5.32 Å². The van der Waals surface area contributed by atoms with Crippen molar-refractivity contribution >= 4 is 11.8 Å². The Bertz CT molecular complexity index is 645. The molecule has 0 radical (unpaired) electrons. The van der Waals surface area contributed by atoms with E-state index in [1.54, 1.807) is 18.2 Å². The molecule has 0 aliphatic heterocycles. The van der Waals surface area contributed by atoms with E-state index >= 15 is 0 Å². The average Bonchev–Trinajstić information content (AvgIpc) is 2.46. The molecule has 0 fully saturated rings. The van der Waals surface area contributed by atoms with Crippen molar-refractivity contribution < 1.29 is 9.53 Å². The number of anilines is 1. The zero-order valence-electron chi connectivity index (χ0n) is 11.1. The number of carbonyl (C=O) groups is 1. The molecule has 0 aromatic heterocycles. The van der Waals surface area contributed by atoms with E-state index in [1.165, 1.54) is 0 Å². The van der Waals surface area contributed by atoms with Gasteiger partial charge in [0, 0.05) is 5.69 Å². The van der Waals surface area contributed by atoms with Gasteiger partial charge in [0.2, 0.25) is 0 Å². The van der Waals surface area contributed by atoms with E-state index in [9.17, 15) is 4.79 Å². The van der Waals surface area contributed by atoms with Crippen LogP contribution in [0.2, 0.25) is 0 Å². The summed E-state index contributed by atoms with van der Waals surface area (Å²) in [7, 11) is 0. The van der Waals surface area contributed by atoms with Gasteiger partial charge in [0.05, 0.1) is 11.6 Å². The Morgan fingerprint density at radius 1 is 1.25 bits per heavy atom. The lowest BCUT2D eigenvalue weighted by atomic mass is 10.1. The number of hydrogen-bond acceptors (Lipinski definition) is 3. The van der Waals surface area contributed by atoms with Crippen LogP contribution in [-0.2, 0) is 11.3 Å². The molecule has 20 heavy (non-hydrogen) atoms. The lowest BCUT2D eigenvalue weighted by Gasteiger charge is -2.08. The summed E-state index contributed by atoms with van der Waals surface area (Å²) in [6.07, 6.45) is -0.516. The summed E-state index contributed by atoms with van der Waals surface area (Å²) in [6.45, 7) is 2.04. The Morgan fingerprint density at radius 3 is 2.65 bits per heavy atom. The Morgan fingerprint density at radius 2 is 2.00 bits per heavy atom. The van der Waals surface area contributed by atoms with Crippen LogP contribution in [0.25, 0.3) is 0 Å². The van der Waals surface area contributed by atoms with Gasteiger partial charge in [-0.15, -0.1) is 0 Å². The number of aryl methyl sites for hydroxylation is 1. The van der Waals surface area contributed by atoms with E-state index in [2.05, 4.69) is 11.4 Å². The summed E-state index contributed by atoms with van der Waals surface area (Å²) in [6, 6.07) is 16.6. The molecule has 0 aliphatic rings. The third-order valence-electron chi connectivity index (χ3n) is 2.81. The molecule has 1 N–H and O–H groups in total. The maximum Gasteiger partial charge on any atom is 0.411 e. The fourth-order valence-corrected chi connectivity index (χ4v) is 1.74. The molecular weight excluding hydrogens is 252 g/mol. The van der Waals surface area contributed by atoms with Gasteiger partial charge in [0.15, 0.2) is 0 Å². The highest BCUT2D eigenvalue weighted by molar-refractivity contribution is 5.84. The molecule has 1 amide bonds. The Kier molecular flexibility index (Phi) is 4.35. The second-order valence-corrected chi connectivity index (χ2v) is 4.33. The number of amides is 1. The van der Waals surface area contributed by atoms with Crippen molar-refractivity contribution in [3.05, 3.63) is 65.2 Å². The molecule has 2 aromatic carbocycles. The summed E-state index contributed by atoms with van der Waals surface area (Å²) >= 11 is 0. The quantitative estimate of drug-likeness (QED) is 0.923. The molecule has 2 aromatic rings. The first kappa shape index (κ1) is 13.6. The van der Waals surface area contributed by atoms with Crippen molar-refractivity contribution in [3.8, 4) is 6.07 Å². The fourth-order valence-electron chi connectivity index (χ4n) is 1.74. The SMILES string of the molecule is Cc1cc(NC(=O)OCc2ccccc2)ccc1C#N. The lowest BCUT2D eigenvalue weighted by molar-refractivity contribution is 0.155. The van der Waals surface area contributed by atoms with E-state index in [1.807, 2.05) is 37.3 Å².